The Morgan fingerprint density at radius 1 is 1.19 bits per heavy atom. The maximum atomic E-state index is 12.3. The molecule has 7 heteroatoms. The van der Waals surface area contributed by atoms with Gasteiger partial charge in [-0.15, -0.1) is 0 Å². The number of alkyl halides is 3. The summed E-state index contributed by atoms with van der Waals surface area (Å²) in [7, 11) is 0. The second-order valence-corrected chi connectivity index (χ2v) is 3.92. The third kappa shape index (κ3) is 2.24. The third-order valence-electron chi connectivity index (χ3n) is 1.86. The molecule has 0 bridgehead atoms. The minimum atomic E-state index is -4.38. The first-order valence-electron chi connectivity index (χ1n) is 4.20. The average molecular weight is 292 g/mol. The normalized spacial score (nSPS) is 11.8. The van der Waals surface area contributed by atoms with E-state index in [2.05, 4.69) is 26.0 Å². The molecule has 0 N–H and O–H groups in total. The van der Waals surface area contributed by atoms with E-state index >= 15 is 0 Å². The molecule has 2 aromatic heterocycles. The van der Waals surface area contributed by atoms with Gasteiger partial charge in [-0.2, -0.15) is 18.3 Å². The minimum Gasteiger partial charge on any atom is -0.236 e. The largest absolute Gasteiger partial charge is 0.419 e. The van der Waals surface area contributed by atoms with Crippen LogP contribution in [0, 0.1) is 0 Å². The summed E-state index contributed by atoms with van der Waals surface area (Å²) in [5.74, 6) is 0.332. The summed E-state index contributed by atoms with van der Waals surface area (Å²) in [6.45, 7) is 0. The standard InChI is InChI=1S/C9H5BrF3N3/c10-7-1-2-8(14-4-7)16-5-6(3-15-16)9(11,12)13/h1-5H. The monoisotopic (exact) mass is 291 g/mol. The van der Waals surface area contributed by atoms with Crippen LogP contribution in [-0.4, -0.2) is 14.8 Å². The molecule has 2 heterocycles. The highest BCUT2D eigenvalue weighted by atomic mass is 79.9. The first kappa shape index (κ1) is 11.1. The van der Waals surface area contributed by atoms with Gasteiger partial charge in [0.05, 0.1) is 11.8 Å². The van der Waals surface area contributed by atoms with Crippen LogP contribution in [0.4, 0.5) is 13.2 Å². The Balaban J connectivity index is 2.35. The molecule has 0 amide bonds. The fourth-order valence-corrected chi connectivity index (χ4v) is 1.33. The second-order valence-electron chi connectivity index (χ2n) is 3.01. The van der Waals surface area contributed by atoms with Gasteiger partial charge in [-0.3, -0.25) is 0 Å². The van der Waals surface area contributed by atoms with E-state index in [1.54, 1.807) is 12.1 Å². The van der Waals surface area contributed by atoms with E-state index in [9.17, 15) is 13.2 Å². The Kier molecular flexibility index (Phi) is 2.71. The molecule has 0 aromatic carbocycles. The maximum Gasteiger partial charge on any atom is 0.419 e. The van der Waals surface area contributed by atoms with Gasteiger partial charge in [-0.05, 0) is 28.1 Å². The van der Waals surface area contributed by atoms with Gasteiger partial charge in [0.15, 0.2) is 5.82 Å². The van der Waals surface area contributed by atoms with Gasteiger partial charge < -0.3 is 0 Å². The molecule has 0 fully saturated rings. The quantitative estimate of drug-likeness (QED) is 0.808. The van der Waals surface area contributed by atoms with Gasteiger partial charge >= 0.3 is 6.18 Å². The van der Waals surface area contributed by atoms with Crippen LogP contribution in [0.5, 0.6) is 0 Å². The molecule has 84 valence electrons. The Morgan fingerprint density at radius 3 is 2.44 bits per heavy atom. The average Bonchev–Trinajstić information content (AvgIpc) is 2.67. The molecule has 0 aliphatic heterocycles. The zero-order valence-corrected chi connectivity index (χ0v) is 9.33. The highest BCUT2D eigenvalue weighted by molar-refractivity contribution is 9.10. The third-order valence-corrected chi connectivity index (χ3v) is 2.33. The van der Waals surface area contributed by atoms with Crippen LogP contribution in [-0.2, 0) is 6.18 Å². The molecular formula is C9H5BrF3N3. The predicted molar refractivity (Wildman–Crippen MR) is 54.1 cm³/mol. The lowest BCUT2D eigenvalue weighted by molar-refractivity contribution is -0.137. The van der Waals surface area contributed by atoms with E-state index in [4.69, 9.17) is 0 Å². The van der Waals surface area contributed by atoms with Crippen LogP contribution in [0.3, 0.4) is 0 Å². The Morgan fingerprint density at radius 2 is 1.94 bits per heavy atom. The van der Waals surface area contributed by atoms with Crippen molar-refractivity contribution in [3.8, 4) is 5.82 Å². The van der Waals surface area contributed by atoms with Gasteiger partial charge in [0.2, 0.25) is 0 Å². The SMILES string of the molecule is FC(F)(F)c1cnn(-c2ccc(Br)cn2)c1. The summed E-state index contributed by atoms with van der Waals surface area (Å²) in [4.78, 5) is 3.93. The Hall–Kier alpha value is -1.37. The lowest BCUT2D eigenvalue weighted by Crippen LogP contribution is -2.03. The number of nitrogens with zero attached hydrogens (tertiary/aromatic N) is 3. The van der Waals surface area contributed by atoms with E-state index in [0.717, 1.165) is 21.5 Å². The molecular weight excluding hydrogens is 287 g/mol. The van der Waals surface area contributed by atoms with Crippen LogP contribution in [0.25, 0.3) is 5.82 Å². The summed E-state index contributed by atoms with van der Waals surface area (Å²) in [6.07, 6.45) is -1.22. The topological polar surface area (TPSA) is 30.7 Å². The van der Waals surface area contributed by atoms with Crippen molar-refractivity contribution in [2.24, 2.45) is 0 Å². The lowest BCUT2D eigenvalue weighted by Gasteiger charge is -2.01. The number of hydrogen-bond acceptors (Lipinski definition) is 2. The molecule has 0 radical (unpaired) electrons. The summed E-state index contributed by atoms with van der Waals surface area (Å²) >= 11 is 3.18. The molecule has 0 saturated heterocycles. The van der Waals surface area contributed by atoms with Crippen LogP contribution < -0.4 is 0 Å². The molecule has 0 atom stereocenters. The van der Waals surface area contributed by atoms with Crippen molar-refractivity contribution < 1.29 is 13.2 Å². The second kappa shape index (κ2) is 3.89. The zero-order valence-electron chi connectivity index (χ0n) is 7.74. The Bertz CT molecular complexity index is 489. The van der Waals surface area contributed by atoms with Gasteiger partial charge in [-0.25, -0.2) is 9.67 Å². The summed E-state index contributed by atoms with van der Waals surface area (Å²) in [5, 5.41) is 3.60. The predicted octanol–water partition coefficient (Wildman–Crippen LogP) is 3.05. The van der Waals surface area contributed by atoms with Crippen LogP contribution in [0.1, 0.15) is 5.56 Å². The molecule has 16 heavy (non-hydrogen) atoms. The van der Waals surface area contributed by atoms with Crippen molar-refractivity contribution in [2.45, 2.75) is 6.18 Å². The van der Waals surface area contributed by atoms with Crippen LogP contribution in [0.15, 0.2) is 35.2 Å². The van der Waals surface area contributed by atoms with Crippen LogP contribution in [0.2, 0.25) is 0 Å². The van der Waals surface area contributed by atoms with E-state index in [1.165, 1.54) is 6.20 Å². The molecule has 0 unspecified atom stereocenters. The van der Waals surface area contributed by atoms with Gasteiger partial charge in [0.1, 0.15) is 0 Å². The summed E-state index contributed by atoms with van der Waals surface area (Å²) in [5.41, 5.74) is -0.794. The number of aromatic nitrogens is 3. The van der Waals surface area contributed by atoms with Crippen molar-refractivity contribution in [3.63, 3.8) is 0 Å². The fraction of sp³-hybridized carbons (Fsp3) is 0.111. The zero-order chi connectivity index (χ0) is 11.8. The molecule has 2 aromatic rings. The minimum absolute atomic E-state index is 0.332. The molecule has 2 rings (SSSR count). The Labute approximate surface area is 97.0 Å². The molecule has 3 nitrogen and oxygen atoms in total. The van der Waals surface area contributed by atoms with Gasteiger partial charge in [0, 0.05) is 16.9 Å². The lowest BCUT2D eigenvalue weighted by atomic mass is 10.3. The number of halogens is 4. The van der Waals surface area contributed by atoms with E-state index < -0.39 is 11.7 Å². The molecule has 0 spiro atoms. The van der Waals surface area contributed by atoms with Crippen molar-refractivity contribution >= 4 is 15.9 Å². The van der Waals surface area contributed by atoms with E-state index in [1.807, 2.05) is 0 Å². The molecule has 0 saturated carbocycles. The first-order chi connectivity index (χ1) is 7.47. The smallest absolute Gasteiger partial charge is 0.236 e. The number of hydrogen-bond donors (Lipinski definition) is 0. The number of rotatable bonds is 1. The fourth-order valence-electron chi connectivity index (χ4n) is 1.10. The van der Waals surface area contributed by atoms with E-state index in [-0.39, 0.29) is 0 Å². The van der Waals surface area contributed by atoms with Gasteiger partial charge in [0.25, 0.3) is 0 Å². The number of pyridine rings is 1. The van der Waals surface area contributed by atoms with Crippen molar-refractivity contribution in [3.05, 3.63) is 40.8 Å². The maximum absolute atomic E-state index is 12.3. The summed E-state index contributed by atoms with van der Waals surface area (Å²) in [6, 6.07) is 3.24. The first-order valence-corrected chi connectivity index (χ1v) is 5.00. The van der Waals surface area contributed by atoms with Crippen molar-refractivity contribution in [1.82, 2.24) is 14.8 Å². The van der Waals surface area contributed by atoms with Gasteiger partial charge in [-0.1, -0.05) is 0 Å². The van der Waals surface area contributed by atoms with Crippen LogP contribution >= 0.6 is 15.9 Å². The van der Waals surface area contributed by atoms with Crippen molar-refractivity contribution in [2.75, 3.05) is 0 Å². The van der Waals surface area contributed by atoms with E-state index in [0.29, 0.717) is 5.82 Å². The van der Waals surface area contributed by atoms with Crippen molar-refractivity contribution in [1.29, 1.82) is 0 Å². The summed E-state index contributed by atoms with van der Waals surface area (Å²) < 4.78 is 38.7. The molecule has 0 aliphatic carbocycles. The highest BCUT2D eigenvalue weighted by Gasteiger charge is 2.32. The molecule has 0 aliphatic rings. The highest BCUT2D eigenvalue weighted by Crippen LogP contribution is 2.28.